The number of hydrogen-bond acceptors (Lipinski definition) is 4. The first-order valence-electron chi connectivity index (χ1n) is 12.6. The Morgan fingerprint density at radius 3 is 2.00 bits per heavy atom. The van der Waals surface area contributed by atoms with Crippen LogP contribution in [0.5, 0.6) is 0 Å². The van der Waals surface area contributed by atoms with Gasteiger partial charge in [-0.05, 0) is 68.0 Å². The van der Waals surface area contributed by atoms with Crippen LogP contribution in [0.25, 0.3) is 0 Å². The van der Waals surface area contributed by atoms with Crippen molar-refractivity contribution in [3.8, 4) is 0 Å². The first-order chi connectivity index (χ1) is 14.2. The Hall–Kier alpha value is -0.203. The summed E-state index contributed by atoms with van der Waals surface area (Å²) in [7, 11) is -2.07. The third-order valence-corrected chi connectivity index (χ3v) is 16.1. The van der Waals surface area contributed by atoms with Gasteiger partial charge in [0.25, 0.3) is 0 Å². The van der Waals surface area contributed by atoms with Gasteiger partial charge in [-0.1, -0.05) is 47.6 Å². The van der Waals surface area contributed by atoms with E-state index >= 15 is 0 Å². The van der Waals surface area contributed by atoms with Gasteiger partial charge in [-0.15, -0.1) is 6.58 Å². The highest BCUT2D eigenvalue weighted by atomic mass is 28.4. The SMILES string of the molecule is C=C[C@H]1[C@H]2CC[C@]1(CO[Si](C(C)C)(C(C)C)C(C)C)[C@H](O)[C@@]21CC[C@H](C(C)(C)O)[C@H]1O. The van der Waals surface area contributed by atoms with Gasteiger partial charge in [0.05, 0.1) is 17.8 Å². The van der Waals surface area contributed by atoms with E-state index in [-0.39, 0.29) is 23.2 Å². The Morgan fingerprint density at radius 2 is 1.58 bits per heavy atom. The second-order valence-corrected chi connectivity index (χ2v) is 18.0. The molecule has 5 heteroatoms. The van der Waals surface area contributed by atoms with Gasteiger partial charge in [0, 0.05) is 23.4 Å². The molecular weight excluding hydrogens is 404 g/mol. The Balaban J connectivity index is 1.97. The fourth-order valence-electron chi connectivity index (χ4n) is 8.77. The highest BCUT2D eigenvalue weighted by Gasteiger charge is 2.74. The second kappa shape index (κ2) is 8.23. The van der Waals surface area contributed by atoms with E-state index in [1.807, 2.05) is 6.08 Å². The summed E-state index contributed by atoms with van der Waals surface area (Å²) in [5.41, 5.74) is -0.402. The van der Waals surface area contributed by atoms with Gasteiger partial charge in [0.1, 0.15) is 0 Å². The fraction of sp³-hybridized carbons (Fsp3) is 0.923. The summed E-state index contributed by atoms with van der Waals surface area (Å²) in [6.45, 7) is 22.1. The minimum Gasteiger partial charge on any atom is -0.415 e. The van der Waals surface area contributed by atoms with Gasteiger partial charge in [-0.3, -0.25) is 0 Å². The van der Waals surface area contributed by atoms with Crippen LogP contribution >= 0.6 is 0 Å². The van der Waals surface area contributed by atoms with Gasteiger partial charge >= 0.3 is 0 Å². The third kappa shape index (κ3) is 3.36. The Kier molecular flexibility index (Phi) is 6.75. The summed E-state index contributed by atoms with van der Waals surface area (Å²) in [5, 5.41) is 34.1. The standard InChI is InChI=1S/C26H48O4Si/c1-10-19-20-11-13-25(19,15-30-31(16(2)3,17(4)5)18(6)7)23(28)26(20)14-12-21(22(26)27)24(8,9)29/h10,16-23,27-29H,1,11-15H2,2-9H3/t19-,20+,21-,22+,23-,25+,26-/m0/s1. The number of fused-ring (bicyclic) bond motifs is 3. The Bertz CT molecular complexity index is 647. The molecule has 0 unspecified atom stereocenters. The van der Waals surface area contributed by atoms with Crippen molar-refractivity contribution >= 4 is 8.32 Å². The van der Waals surface area contributed by atoms with Crippen LogP contribution in [0.4, 0.5) is 0 Å². The highest BCUT2D eigenvalue weighted by molar-refractivity contribution is 6.77. The van der Waals surface area contributed by atoms with Crippen molar-refractivity contribution in [2.75, 3.05) is 6.61 Å². The van der Waals surface area contributed by atoms with Crippen molar-refractivity contribution in [3.05, 3.63) is 12.7 Å². The number of hydrogen-bond donors (Lipinski definition) is 3. The lowest BCUT2D eigenvalue weighted by Gasteiger charge is -2.49. The van der Waals surface area contributed by atoms with Gasteiger partial charge in [0.15, 0.2) is 8.32 Å². The molecule has 0 aliphatic heterocycles. The average Bonchev–Trinajstić information content (AvgIpc) is 3.24. The Morgan fingerprint density at radius 1 is 1.03 bits per heavy atom. The van der Waals surface area contributed by atoms with E-state index in [0.29, 0.717) is 23.2 Å². The van der Waals surface area contributed by atoms with Gasteiger partial charge < -0.3 is 19.7 Å². The van der Waals surface area contributed by atoms with Crippen LogP contribution in [0.15, 0.2) is 12.7 Å². The maximum atomic E-state index is 11.9. The lowest BCUT2D eigenvalue weighted by atomic mass is 9.64. The van der Waals surface area contributed by atoms with Crippen molar-refractivity contribution < 1.29 is 19.7 Å². The Labute approximate surface area is 191 Å². The summed E-state index contributed by atoms with van der Waals surface area (Å²) in [4.78, 5) is 0. The van der Waals surface area contributed by atoms with Crippen LogP contribution in [-0.2, 0) is 4.43 Å². The van der Waals surface area contributed by atoms with Crippen LogP contribution in [-0.4, -0.2) is 48.1 Å². The smallest absolute Gasteiger partial charge is 0.200 e. The van der Waals surface area contributed by atoms with E-state index in [4.69, 9.17) is 4.43 Å². The predicted octanol–water partition coefficient (Wildman–Crippen LogP) is 5.28. The molecule has 0 aromatic rings. The average molecular weight is 453 g/mol. The van der Waals surface area contributed by atoms with Gasteiger partial charge in [0.2, 0.25) is 0 Å². The third-order valence-electron chi connectivity index (χ3n) is 10.0. The number of allylic oxidation sites excluding steroid dienone is 1. The van der Waals surface area contributed by atoms with Crippen molar-refractivity contribution in [2.24, 2.45) is 28.6 Å². The second-order valence-electron chi connectivity index (χ2n) is 12.5. The van der Waals surface area contributed by atoms with Crippen LogP contribution in [0, 0.1) is 28.6 Å². The molecule has 3 aliphatic rings. The lowest BCUT2D eigenvalue weighted by molar-refractivity contribution is -0.142. The van der Waals surface area contributed by atoms with E-state index in [9.17, 15) is 15.3 Å². The largest absolute Gasteiger partial charge is 0.415 e. The van der Waals surface area contributed by atoms with E-state index < -0.39 is 31.5 Å². The van der Waals surface area contributed by atoms with E-state index in [0.717, 1.165) is 25.7 Å². The minimum absolute atomic E-state index is 0.149. The highest BCUT2D eigenvalue weighted by Crippen LogP contribution is 2.72. The molecule has 3 saturated carbocycles. The number of rotatable bonds is 8. The zero-order chi connectivity index (χ0) is 23.6. The molecule has 180 valence electrons. The maximum Gasteiger partial charge on any atom is 0.200 e. The first-order valence-corrected chi connectivity index (χ1v) is 14.7. The van der Waals surface area contributed by atoms with Crippen LogP contribution in [0.2, 0.25) is 16.6 Å². The molecule has 3 fully saturated rings. The van der Waals surface area contributed by atoms with Gasteiger partial charge in [-0.2, -0.15) is 0 Å². The molecule has 0 heterocycles. The van der Waals surface area contributed by atoms with Crippen LogP contribution in [0.1, 0.15) is 81.1 Å². The topological polar surface area (TPSA) is 69.9 Å². The molecule has 2 bridgehead atoms. The van der Waals surface area contributed by atoms with Crippen molar-refractivity contribution in [1.82, 2.24) is 0 Å². The van der Waals surface area contributed by atoms with Crippen LogP contribution < -0.4 is 0 Å². The summed E-state index contributed by atoms with van der Waals surface area (Å²) < 4.78 is 7.05. The van der Waals surface area contributed by atoms with Crippen molar-refractivity contribution in [2.45, 2.75) is 116 Å². The normalized spacial score (nSPS) is 40.8. The van der Waals surface area contributed by atoms with Crippen molar-refractivity contribution in [1.29, 1.82) is 0 Å². The molecule has 4 nitrogen and oxygen atoms in total. The summed E-state index contributed by atoms with van der Waals surface area (Å²) in [5.74, 6) is 0.149. The first kappa shape index (κ1) is 25.4. The molecule has 0 aromatic heterocycles. The predicted molar refractivity (Wildman–Crippen MR) is 129 cm³/mol. The molecule has 3 N–H and O–H groups in total. The van der Waals surface area contributed by atoms with E-state index in [2.05, 4.69) is 48.1 Å². The number of aliphatic hydroxyl groups is 3. The molecule has 0 saturated heterocycles. The fourth-order valence-corrected chi connectivity index (χ4v) is 14.3. The molecule has 7 atom stereocenters. The molecule has 0 aromatic carbocycles. The monoisotopic (exact) mass is 452 g/mol. The summed E-state index contributed by atoms with van der Waals surface area (Å²) in [6.07, 6.45) is 4.15. The van der Waals surface area contributed by atoms with Gasteiger partial charge in [-0.25, -0.2) is 0 Å². The maximum absolute atomic E-state index is 11.9. The van der Waals surface area contributed by atoms with Crippen molar-refractivity contribution in [3.63, 3.8) is 0 Å². The quantitative estimate of drug-likeness (QED) is 0.346. The molecule has 31 heavy (non-hydrogen) atoms. The molecule has 0 amide bonds. The molecule has 1 spiro atoms. The minimum atomic E-state index is -2.07. The summed E-state index contributed by atoms with van der Waals surface area (Å²) >= 11 is 0. The summed E-state index contributed by atoms with van der Waals surface area (Å²) in [6, 6.07) is 0. The zero-order valence-corrected chi connectivity index (χ0v) is 22.2. The van der Waals surface area contributed by atoms with E-state index in [1.54, 1.807) is 13.8 Å². The molecule has 3 rings (SSSR count). The zero-order valence-electron chi connectivity index (χ0n) is 21.2. The number of aliphatic hydroxyl groups excluding tert-OH is 2. The van der Waals surface area contributed by atoms with E-state index in [1.165, 1.54) is 0 Å². The van der Waals surface area contributed by atoms with Crippen LogP contribution in [0.3, 0.4) is 0 Å². The molecule has 0 radical (unpaired) electrons. The lowest BCUT2D eigenvalue weighted by Crippen LogP contribution is -2.56. The molecule has 3 aliphatic carbocycles. The molecular formula is C26H48O4Si.